The smallest absolute Gasteiger partial charge is 0.124 e. The van der Waals surface area contributed by atoms with Gasteiger partial charge in [-0.05, 0) is 18.9 Å². The van der Waals surface area contributed by atoms with Gasteiger partial charge in [0.25, 0.3) is 0 Å². The Morgan fingerprint density at radius 1 is 1.24 bits per heavy atom. The second kappa shape index (κ2) is 4.00. The maximum absolute atomic E-state index is 10.9. The molecule has 3 rings (SSSR count). The molecule has 2 aliphatic heterocycles. The number of fused-ring (bicyclic) bond motifs is 2. The van der Waals surface area contributed by atoms with Crippen LogP contribution in [0.2, 0.25) is 0 Å². The summed E-state index contributed by atoms with van der Waals surface area (Å²) >= 11 is 0. The molecule has 92 valence electrons. The summed E-state index contributed by atoms with van der Waals surface area (Å²) in [7, 11) is 1.65. The maximum atomic E-state index is 10.9. The van der Waals surface area contributed by atoms with Gasteiger partial charge in [0, 0.05) is 18.4 Å². The third kappa shape index (κ3) is 1.83. The van der Waals surface area contributed by atoms with E-state index < -0.39 is 5.60 Å². The molecule has 3 heteroatoms. The van der Waals surface area contributed by atoms with Gasteiger partial charge in [0.05, 0.1) is 24.9 Å². The highest BCUT2D eigenvalue weighted by molar-refractivity contribution is 5.38. The molecule has 2 bridgehead atoms. The van der Waals surface area contributed by atoms with Crippen LogP contribution in [-0.4, -0.2) is 24.4 Å². The zero-order valence-electron chi connectivity index (χ0n) is 10.1. The zero-order valence-corrected chi connectivity index (χ0v) is 10.1. The van der Waals surface area contributed by atoms with Gasteiger partial charge in [-0.3, -0.25) is 0 Å². The minimum Gasteiger partial charge on any atom is -0.496 e. The van der Waals surface area contributed by atoms with Gasteiger partial charge < -0.3 is 14.6 Å². The van der Waals surface area contributed by atoms with E-state index in [0.29, 0.717) is 12.8 Å². The lowest BCUT2D eigenvalue weighted by atomic mass is 9.83. The van der Waals surface area contributed by atoms with Crippen LogP contribution in [0, 0.1) is 0 Å². The van der Waals surface area contributed by atoms with Crippen molar-refractivity contribution in [2.75, 3.05) is 7.11 Å². The van der Waals surface area contributed by atoms with E-state index in [-0.39, 0.29) is 12.2 Å². The van der Waals surface area contributed by atoms with E-state index in [1.807, 2.05) is 24.3 Å². The highest BCUT2D eigenvalue weighted by Gasteiger charge is 2.45. The van der Waals surface area contributed by atoms with Gasteiger partial charge in [-0.2, -0.15) is 0 Å². The lowest BCUT2D eigenvalue weighted by Gasteiger charge is -2.37. The van der Waals surface area contributed by atoms with Gasteiger partial charge in [0.2, 0.25) is 0 Å². The van der Waals surface area contributed by atoms with Gasteiger partial charge in [0.15, 0.2) is 0 Å². The van der Waals surface area contributed by atoms with Gasteiger partial charge >= 0.3 is 0 Å². The van der Waals surface area contributed by atoms with E-state index in [1.54, 1.807) is 7.11 Å². The van der Waals surface area contributed by atoms with Crippen molar-refractivity contribution >= 4 is 0 Å². The first kappa shape index (κ1) is 11.1. The van der Waals surface area contributed by atoms with Crippen molar-refractivity contribution in [1.82, 2.24) is 0 Å². The van der Waals surface area contributed by atoms with Crippen molar-refractivity contribution in [1.29, 1.82) is 0 Å². The largest absolute Gasteiger partial charge is 0.496 e. The Morgan fingerprint density at radius 2 is 1.88 bits per heavy atom. The number of hydrogen-bond donors (Lipinski definition) is 1. The van der Waals surface area contributed by atoms with E-state index in [1.165, 1.54) is 0 Å². The Kier molecular flexibility index (Phi) is 2.60. The minimum absolute atomic E-state index is 0.212. The summed E-state index contributed by atoms with van der Waals surface area (Å²) in [5.74, 6) is 0.774. The fraction of sp³-hybridized carbons (Fsp3) is 0.571. The first-order chi connectivity index (χ1) is 8.21. The van der Waals surface area contributed by atoms with E-state index >= 15 is 0 Å². The molecule has 0 spiro atoms. The average molecular weight is 234 g/mol. The van der Waals surface area contributed by atoms with Crippen LogP contribution in [0.5, 0.6) is 5.75 Å². The van der Waals surface area contributed by atoms with Crippen molar-refractivity contribution in [3.63, 3.8) is 0 Å². The second-order valence-corrected chi connectivity index (χ2v) is 5.10. The van der Waals surface area contributed by atoms with Crippen LogP contribution in [-0.2, 0) is 10.3 Å². The van der Waals surface area contributed by atoms with E-state index in [0.717, 1.165) is 24.2 Å². The third-order valence-electron chi connectivity index (χ3n) is 3.93. The van der Waals surface area contributed by atoms with Crippen molar-refractivity contribution in [2.24, 2.45) is 0 Å². The summed E-state index contributed by atoms with van der Waals surface area (Å²) in [5, 5.41) is 10.9. The average Bonchev–Trinajstić information content (AvgIpc) is 2.69. The van der Waals surface area contributed by atoms with E-state index in [4.69, 9.17) is 9.47 Å². The molecule has 2 heterocycles. The van der Waals surface area contributed by atoms with Crippen molar-refractivity contribution in [3.05, 3.63) is 29.8 Å². The Morgan fingerprint density at radius 3 is 2.53 bits per heavy atom. The Bertz CT molecular complexity index is 404. The first-order valence-corrected chi connectivity index (χ1v) is 6.22. The van der Waals surface area contributed by atoms with Crippen molar-refractivity contribution < 1.29 is 14.6 Å². The van der Waals surface area contributed by atoms with Crippen LogP contribution in [0.25, 0.3) is 0 Å². The van der Waals surface area contributed by atoms with Gasteiger partial charge in [-0.15, -0.1) is 0 Å². The van der Waals surface area contributed by atoms with Crippen LogP contribution in [0.3, 0.4) is 0 Å². The number of hydrogen-bond acceptors (Lipinski definition) is 3. The predicted octanol–water partition coefficient (Wildman–Crippen LogP) is 2.22. The third-order valence-corrected chi connectivity index (χ3v) is 3.93. The second-order valence-electron chi connectivity index (χ2n) is 5.10. The molecule has 1 aromatic rings. The first-order valence-electron chi connectivity index (χ1n) is 6.22. The van der Waals surface area contributed by atoms with Crippen molar-refractivity contribution in [3.8, 4) is 5.75 Å². The minimum atomic E-state index is -0.781. The van der Waals surface area contributed by atoms with E-state index in [2.05, 4.69) is 0 Å². The van der Waals surface area contributed by atoms with Crippen molar-refractivity contribution in [2.45, 2.75) is 43.5 Å². The zero-order chi connectivity index (χ0) is 11.9. The number of para-hydroxylation sites is 1. The lowest BCUT2D eigenvalue weighted by molar-refractivity contribution is -0.116. The standard InChI is InChI=1S/C14H18O3/c1-16-13-5-3-2-4-12(13)14(15)8-10-6-7-11(9-14)17-10/h2-5,10-11,15H,6-9H2,1H3. The quantitative estimate of drug-likeness (QED) is 0.852. The van der Waals surface area contributed by atoms with E-state index in [9.17, 15) is 5.11 Å². The fourth-order valence-corrected chi connectivity index (χ4v) is 3.17. The summed E-state index contributed by atoms with van der Waals surface area (Å²) in [5.41, 5.74) is 0.124. The van der Waals surface area contributed by atoms with Crippen LogP contribution < -0.4 is 4.74 Å². The molecule has 2 saturated heterocycles. The summed E-state index contributed by atoms with van der Waals surface area (Å²) in [6.07, 6.45) is 3.94. The highest BCUT2D eigenvalue weighted by atomic mass is 16.5. The van der Waals surface area contributed by atoms with Crippen LogP contribution >= 0.6 is 0 Å². The molecule has 2 fully saturated rings. The molecule has 17 heavy (non-hydrogen) atoms. The highest BCUT2D eigenvalue weighted by Crippen LogP contribution is 2.46. The molecule has 2 unspecified atom stereocenters. The normalized spacial score (nSPS) is 35.9. The maximum Gasteiger partial charge on any atom is 0.124 e. The molecular formula is C14H18O3. The summed E-state index contributed by atoms with van der Waals surface area (Å²) < 4.78 is 11.1. The molecular weight excluding hydrogens is 216 g/mol. The Hall–Kier alpha value is -1.06. The number of aliphatic hydroxyl groups is 1. The molecule has 0 aliphatic carbocycles. The Balaban J connectivity index is 1.96. The summed E-state index contributed by atoms with van der Waals surface area (Å²) in [6.45, 7) is 0. The number of benzene rings is 1. The number of ether oxygens (including phenoxy) is 2. The predicted molar refractivity (Wildman–Crippen MR) is 64.0 cm³/mol. The topological polar surface area (TPSA) is 38.7 Å². The molecule has 2 atom stereocenters. The Labute approximate surface area is 101 Å². The molecule has 1 aromatic carbocycles. The molecule has 3 nitrogen and oxygen atoms in total. The van der Waals surface area contributed by atoms with Gasteiger partial charge in [-0.1, -0.05) is 18.2 Å². The molecule has 0 amide bonds. The van der Waals surface area contributed by atoms with Crippen LogP contribution in [0.1, 0.15) is 31.2 Å². The summed E-state index contributed by atoms with van der Waals surface area (Å²) in [6, 6.07) is 7.75. The van der Waals surface area contributed by atoms with Crippen LogP contribution in [0.4, 0.5) is 0 Å². The molecule has 0 aromatic heterocycles. The lowest BCUT2D eigenvalue weighted by Crippen LogP contribution is -2.38. The van der Waals surface area contributed by atoms with Gasteiger partial charge in [-0.25, -0.2) is 0 Å². The molecule has 2 aliphatic rings. The summed E-state index contributed by atoms with van der Waals surface area (Å²) in [4.78, 5) is 0. The van der Waals surface area contributed by atoms with Gasteiger partial charge in [0.1, 0.15) is 5.75 Å². The van der Waals surface area contributed by atoms with Crippen LogP contribution in [0.15, 0.2) is 24.3 Å². The molecule has 1 N–H and O–H groups in total. The number of rotatable bonds is 2. The monoisotopic (exact) mass is 234 g/mol. The molecule has 0 saturated carbocycles. The fourth-order valence-electron chi connectivity index (χ4n) is 3.17. The SMILES string of the molecule is COc1ccccc1C1(O)CC2CCC(C1)O2. The molecule has 0 radical (unpaired) electrons. The number of methoxy groups -OCH3 is 1.